The number of hydrogen-bond acceptors (Lipinski definition) is 3. The van der Waals surface area contributed by atoms with E-state index in [0.29, 0.717) is 0 Å². The molecule has 20 heavy (non-hydrogen) atoms. The molecule has 1 aliphatic carbocycles. The molecule has 1 heterocycles. The molecule has 1 aliphatic rings. The standard InChI is InChI=1S/C15H18N2O2S/c1-10-2-5-13-12(8-10)16-15(20-9-14(18)19)17(13)7-6-11-3-4-11/h2,5,8,11H,3-4,6-7,9H2,1H3,(H,18,19). The van der Waals surface area contributed by atoms with Crippen LogP contribution in [-0.4, -0.2) is 26.4 Å². The van der Waals surface area contributed by atoms with Gasteiger partial charge >= 0.3 is 5.97 Å². The quantitative estimate of drug-likeness (QED) is 0.829. The van der Waals surface area contributed by atoms with Crippen LogP contribution in [0.15, 0.2) is 23.4 Å². The number of rotatable bonds is 6. The molecule has 0 atom stereocenters. The maximum Gasteiger partial charge on any atom is 0.313 e. The maximum atomic E-state index is 10.8. The molecule has 3 rings (SSSR count). The molecule has 0 amide bonds. The first-order valence-corrected chi connectivity index (χ1v) is 7.93. The number of carboxylic acids is 1. The monoisotopic (exact) mass is 290 g/mol. The SMILES string of the molecule is Cc1ccc2c(c1)nc(SCC(=O)O)n2CCC1CC1. The second kappa shape index (κ2) is 5.48. The predicted octanol–water partition coefficient (Wildman–Crippen LogP) is 3.32. The Bertz CT molecular complexity index is 647. The first-order valence-electron chi connectivity index (χ1n) is 6.95. The Morgan fingerprint density at radius 2 is 2.30 bits per heavy atom. The van der Waals surface area contributed by atoms with E-state index in [0.717, 1.165) is 28.7 Å². The van der Waals surface area contributed by atoms with E-state index in [2.05, 4.69) is 27.8 Å². The largest absolute Gasteiger partial charge is 0.481 e. The van der Waals surface area contributed by atoms with Crippen molar-refractivity contribution in [2.75, 3.05) is 5.75 Å². The Hall–Kier alpha value is -1.49. The topological polar surface area (TPSA) is 55.1 Å². The third-order valence-electron chi connectivity index (χ3n) is 3.65. The Morgan fingerprint density at radius 1 is 1.50 bits per heavy atom. The van der Waals surface area contributed by atoms with Crippen molar-refractivity contribution in [3.8, 4) is 0 Å². The highest BCUT2D eigenvalue weighted by molar-refractivity contribution is 7.99. The van der Waals surface area contributed by atoms with E-state index in [1.165, 1.54) is 36.6 Å². The summed E-state index contributed by atoms with van der Waals surface area (Å²) < 4.78 is 2.18. The Morgan fingerprint density at radius 3 is 3.00 bits per heavy atom. The van der Waals surface area contributed by atoms with Gasteiger partial charge in [-0.25, -0.2) is 4.98 Å². The molecule has 0 unspecified atom stereocenters. The van der Waals surface area contributed by atoms with Gasteiger partial charge in [-0.3, -0.25) is 4.79 Å². The molecule has 0 aliphatic heterocycles. The van der Waals surface area contributed by atoms with Crippen LogP contribution >= 0.6 is 11.8 Å². The van der Waals surface area contributed by atoms with Crippen molar-refractivity contribution in [1.29, 1.82) is 0 Å². The van der Waals surface area contributed by atoms with Gasteiger partial charge in [-0.15, -0.1) is 0 Å². The van der Waals surface area contributed by atoms with Crippen LogP contribution in [0.1, 0.15) is 24.8 Å². The van der Waals surface area contributed by atoms with Gasteiger partial charge in [-0.2, -0.15) is 0 Å². The third-order valence-corrected chi connectivity index (χ3v) is 4.61. The van der Waals surface area contributed by atoms with Crippen molar-refractivity contribution in [3.05, 3.63) is 23.8 Å². The highest BCUT2D eigenvalue weighted by Crippen LogP contribution is 2.34. The van der Waals surface area contributed by atoms with Crippen molar-refractivity contribution in [3.63, 3.8) is 0 Å². The van der Waals surface area contributed by atoms with Crippen molar-refractivity contribution in [2.45, 2.75) is 37.9 Å². The summed E-state index contributed by atoms with van der Waals surface area (Å²) in [7, 11) is 0. The summed E-state index contributed by atoms with van der Waals surface area (Å²) in [4.78, 5) is 15.4. The Balaban J connectivity index is 1.91. The highest BCUT2D eigenvalue weighted by Gasteiger charge is 2.22. The summed E-state index contributed by atoms with van der Waals surface area (Å²) >= 11 is 1.31. The lowest BCUT2D eigenvalue weighted by molar-refractivity contribution is -0.133. The first kappa shape index (κ1) is 13.5. The molecular formula is C15H18N2O2S. The lowest BCUT2D eigenvalue weighted by Crippen LogP contribution is -2.04. The van der Waals surface area contributed by atoms with Gasteiger partial charge in [-0.1, -0.05) is 30.7 Å². The number of carbonyl (C=O) groups is 1. The zero-order valence-electron chi connectivity index (χ0n) is 11.5. The molecule has 1 fully saturated rings. The molecule has 106 valence electrons. The van der Waals surface area contributed by atoms with Gasteiger partial charge in [0.05, 0.1) is 16.8 Å². The van der Waals surface area contributed by atoms with Crippen molar-refractivity contribution in [2.24, 2.45) is 5.92 Å². The fourth-order valence-corrected chi connectivity index (χ4v) is 3.15. The summed E-state index contributed by atoms with van der Waals surface area (Å²) in [5.41, 5.74) is 3.26. The maximum absolute atomic E-state index is 10.8. The molecule has 1 aromatic heterocycles. The van der Waals surface area contributed by atoms with E-state index < -0.39 is 5.97 Å². The van der Waals surface area contributed by atoms with Crippen LogP contribution in [0.3, 0.4) is 0 Å². The number of carboxylic acid groups (broad SMARTS) is 1. The van der Waals surface area contributed by atoms with Crippen LogP contribution in [0.5, 0.6) is 0 Å². The number of hydrogen-bond donors (Lipinski definition) is 1. The van der Waals surface area contributed by atoms with Gasteiger partial charge in [0.25, 0.3) is 0 Å². The summed E-state index contributed by atoms with van der Waals surface area (Å²) in [6.07, 6.45) is 3.84. The molecule has 1 aromatic carbocycles. The smallest absolute Gasteiger partial charge is 0.313 e. The molecule has 1 N–H and O–H groups in total. The van der Waals surface area contributed by atoms with E-state index in [9.17, 15) is 4.79 Å². The molecule has 0 spiro atoms. The van der Waals surface area contributed by atoms with E-state index in [-0.39, 0.29) is 5.75 Å². The minimum atomic E-state index is -0.799. The number of aliphatic carboxylic acids is 1. The van der Waals surface area contributed by atoms with Gasteiger partial charge in [0.15, 0.2) is 5.16 Å². The minimum absolute atomic E-state index is 0.0612. The Kier molecular flexibility index (Phi) is 3.70. The summed E-state index contributed by atoms with van der Waals surface area (Å²) in [6.45, 7) is 2.99. The summed E-state index contributed by atoms with van der Waals surface area (Å²) in [5.74, 6) is 0.119. The van der Waals surface area contributed by atoms with Crippen LogP contribution in [0.4, 0.5) is 0 Å². The van der Waals surface area contributed by atoms with Crippen LogP contribution < -0.4 is 0 Å². The molecule has 0 bridgehead atoms. The van der Waals surface area contributed by atoms with Crippen LogP contribution in [0, 0.1) is 12.8 Å². The lowest BCUT2D eigenvalue weighted by atomic mass is 10.2. The average molecular weight is 290 g/mol. The molecule has 0 radical (unpaired) electrons. The van der Waals surface area contributed by atoms with E-state index >= 15 is 0 Å². The predicted molar refractivity (Wildman–Crippen MR) is 80.2 cm³/mol. The van der Waals surface area contributed by atoms with E-state index in [1.807, 2.05) is 6.92 Å². The van der Waals surface area contributed by atoms with Crippen molar-refractivity contribution < 1.29 is 9.90 Å². The number of aromatic nitrogens is 2. The number of benzene rings is 1. The van der Waals surface area contributed by atoms with Crippen LogP contribution in [0.25, 0.3) is 11.0 Å². The number of fused-ring (bicyclic) bond motifs is 1. The van der Waals surface area contributed by atoms with Crippen LogP contribution in [-0.2, 0) is 11.3 Å². The number of nitrogens with zero attached hydrogens (tertiary/aromatic N) is 2. The molecule has 5 heteroatoms. The van der Waals surface area contributed by atoms with E-state index in [4.69, 9.17) is 5.11 Å². The number of imidazole rings is 1. The third kappa shape index (κ3) is 2.98. The van der Waals surface area contributed by atoms with Crippen LogP contribution in [0.2, 0.25) is 0 Å². The van der Waals surface area contributed by atoms with Gasteiger partial charge in [0, 0.05) is 6.54 Å². The minimum Gasteiger partial charge on any atom is -0.481 e. The summed E-state index contributed by atoms with van der Waals surface area (Å²) in [5, 5.41) is 9.68. The van der Waals surface area contributed by atoms with Gasteiger partial charge in [0.2, 0.25) is 0 Å². The Labute approximate surface area is 122 Å². The fourth-order valence-electron chi connectivity index (χ4n) is 2.39. The molecule has 1 saturated carbocycles. The zero-order chi connectivity index (χ0) is 14.1. The first-order chi connectivity index (χ1) is 9.63. The molecule has 0 saturated heterocycles. The lowest BCUT2D eigenvalue weighted by Gasteiger charge is -2.07. The molecule has 2 aromatic rings. The van der Waals surface area contributed by atoms with E-state index in [1.54, 1.807) is 0 Å². The number of aryl methyl sites for hydroxylation is 2. The zero-order valence-corrected chi connectivity index (χ0v) is 12.3. The fraction of sp³-hybridized carbons (Fsp3) is 0.467. The van der Waals surface area contributed by atoms with Crippen molar-refractivity contribution >= 4 is 28.8 Å². The highest BCUT2D eigenvalue weighted by atomic mass is 32.2. The molecule has 4 nitrogen and oxygen atoms in total. The van der Waals surface area contributed by atoms with Gasteiger partial charge in [0.1, 0.15) is 0 Å². The normalized spacial score (nSPS) is 14.8. The average Bonchev–Trinajstić information content (AvgIpc) is 3.16. The number of thioether (sulfide) groups is 1. The van der Waals surface area contributed by atoms with Gasteiger partial charge in [-0.05, 0) is 37.0 Å². The second-order valence-electron chi connectivity index (χ2n) is 5.45. The van der Waals surface area contributed by atoms with Gasteiger partial charge < -0.3 is 9.67 Å². The second-order valence-corrected chi connectivity index (χ2v) is 6.40. The van der Waals surface area contributed by atoms with Crippen molar-refractivity contribution in [1.82, 2.24) is 9.55 Å². The summed E-state index contributed by atoms with van der Waals surface area (Å²) in [6, 6.07) is 6.24. The molecular weight excluding hydrogens is 272 g/mol.